The number of aryl methyl sites for hydroxylation is 2. The van der Waals surface area contributed by atoms with E-state index in [0.29, 0.717) is 17.1 Å². The van der Waals surface area contributed by atoms with Crippen LogP contribution in [0.15, 0.2) is 54.6 Å². The van der Waals surface area contributed by atoms with Crippen molar-refractivity contribution in [2.24, 2.45) is 0 Å². The number of carbonyl (C=O) groups excluding carboxylic acids is 2. The Morgan fingerprint density at radius 3 is 2.52 bits per heavy atom. The minimum Gasteiger partial charge on any atom is -0.497 e. The number of methoxy groups -OCH3 is 1. The first kappa shape index (κ1) is 22.5. The zero-order chi connectivity index (χ0) is 23.4. The number of ether oxygens (including phenoxy) is 4. The zero-order valence-corrected chi connectivity index (χ0v) is 19.0. The first-order valence-corrected chi connectivity index (χ1v) is 10.8. The van der Waals surface area contributed by atoms with E-state index in [0.717, 1.165) is 30.1 Å². The van der Waals surface area contributed by atoms with Crippen LogP contribution in [-0.4, -0.2) is 42.7 Å². The fourth-order valence-corrected chi connectivity index (χ4v) is 3.90. The highest BCUT2D eigenvalue weighted by atomic mass is 16.6. The van der Waals surface area contributed by atoms with E-state index in [1.165, 1.54) is 5.56 Å². The number of rotatable bonds is 8. The van der Waals surface area contributed by atoms with Crippen LogP contribution in [0.5, 0.6) is 17.2 Å². The first-order chi connectivity index (χ1) is 16.0. The molecule has 0 bridgehead atoms. The average molecular weight is 450 g/mol. The van der Waals surface area contributed by atoms with E-state index in [1.54, 1.807) is 25.3 Å². The second-order valence-corrected chi connectivity index (χ2v) is 7.93. The molecule has 1 unspecified atom stereocenters. The second kappa shape index (κ2) is 9.81. The minimum atomic E-state index is -0.898. The minimum absolute atomic E-state index is 0.0455. The molecule has 0 amide bonds. The molecule has 0 radical (unpaired) electrons. The van der Waals surface area contributed by atoms with Crippen LogP contribution in [0.4, 0.5) is 0 Å². The molecular formula is C26H27NO6. The van der Waals surface area contributed by atoms with E-state index in [2.05, 4.69) is 4.57 Å². The van der Waals surface area contributed by atoms with E-state index < -0.39 is 12.1 Å². The molecule has 0 saturated heterocycles. The first-order valence-electron chi connectivity index (χ1n) is 10.8. The number of hydrogen-bond acceptors (Lipinski definition) is 6. The Labute approximate surface area is 192 Å². The Balaban J connectivity index is 1.34. The van der Waals surface area contributed by atoms with Gasteiger partial charge < -0.3 is 23.5 Å². The molecule has 2 heterocycles. The highest BCUT2D eigenvalue weighted by Crippen LogP contribution is 2.31. The molecule has 1 aliphatic rings. The summed E-state index contributed by atoms with van der Waals surface area (Å²) in [6.07, 6.45) is -0.0756. The maximum atomic E-state index is 12.8. The van der Waals surface area contributed by atoms with Crippen molar-refractivity contribution < 1.29 is 28.5 Å². The summed E-state index contributed by atoms with van der Waals surface area (Å²) in [6.45, 7) is 4.32. The molecule has 33 heavy (non-hydrogen) atoms. The van der Waals surface area contributed by atoms with Gasteiger partial charge >= 0.3 is 5.97 Å². The quantitative estimate of drug-likeness (QED) is 0.383. The standard InChI is InChI=1S/C26H27NO6/c1-17-14-21(18(2)27(17)13-12-19-8-10-20(30-3)11-9-19)22(28)15-32-26(29)25-16-31-23-6-4-5-7-24(23)33-25/h4-11,14,25H,12-13,15-16H2,1-3H3. The van der Waals surface area contributed by atoms with E-state index in [4.69, 9.17) is 18.9 Å². The number of Topliss-reactive ketones (excluding diaryl/α,β-unsaturated/α-hetero) is 1. The maximum Gasteiger partial charge on any atom is 0.351 e. The van der Waals surface area contributed by atoms with Crippen molar-refractivity contribution in [1.82, 2.24) is 4.57 Å². The van der Waals surface area contributed by atoms with E-state index in [1.807, 2.05) is 50.2 Å². The van der Waals surface area contributed by atoms with Gasteiger partial charge in [-0.25, -0.2) is 4.79 Å². The summed E-state index contributed by atoms with van der Waals surface area (Å²) in [6, 6.07) is 16.9. The molecular weight excluding hydrogens is 422 g/mol. The molecule has 1 atom stereocenters. The van der Waals surface area contributed by atoms with Crippen LogP contribution >= 0.6 is 0 Å². The molecule has 0 spiro atoms. The van der Waals surface area contributed by atoms with Crippen molar-refractivity contribution in [3.8, 4) is 17.2 Å². The Kier molecular flexibility index (Phi) is 6.68. The van der Waals surface area contributed by atoms with Crippen LogP contribution in [0.1, 0.15) is 27.3 Å². The molecule has 0 saturated carbocycles. The number of nitrogens with zero attached hydrogens (tertiary/aromatic N) is 1. The van der Waals surface area contributed by atoms with Gasteiger partial charge in [0.25, 0.3) is 0 Å². The molecule has 1 aromatic heterocycles. The summed E-state index contributed by atoms with van der Waals surface area (Å²) in [4.78, 5) is 25.2. The second-order valence-electron chi connectivity index (χ2n) is 7.93. The van der Waals surface area contributed by atoms with Crippen LogP contribution in [0, 0.1) is 13.8 Å². The van der Waals surface area contributed by atoms with Gasteiger partial charge in [-0.15, -0.1) is 0 Å². The number of benzene rings is 2. The van der Waals surface area contributed by atoms with Crippen molar-refractivity contribution in [1.29, 1.82) is 0 Å². The van der Waals surface area contributed by atoms with E-state index >= 15 is 0 Å². The van der Waals surface area contributed by atoms with Crippen molar-refractivity contribution in [2.75, 3.05) is 20.3 Å². The number of fused-ring (bicyclic) bond motifs is 1. The van der Waals surface area contributed by atoms with Crippen molar-refractivity contribution in [3.05, 3.63) is 77.1 Å². The van der Waals surface area contributed by atoms with Crippen LogP contribution in [0.2, 0.25) is 0 Å². The summed E-state index contributed by atoms with van der Waals surface area (Å²) in [5.41, 5.74) is 3.58. The summed E-state index contributed by atoms with van der Waals surface area (Å²) in [5, 5.41) is 0. The van der Waals surface area contributed by atoms with Gasteiger partial charge in [-0.1, -0.05) is 24.3 Å². The molecule has 172 valence electrons. The number of carbonyl (C=O) groups is 2. The Morgan fingerprint density at radius 1 is 1.06 bits per heavy atom. The SMILES string of the molecule is COc1ccc(CCn2c(C)cc(C(=O)COC(=O)C3COc4ccccc4O3)c2C)cc1. The lowest BCUT2D eigenvalue weighted by Gasteiger charge is -2.24. The number of aromatic nitrogens is 1. The van der Waals surface area contributed by atoms with Gasteiger partial charge in [0.15, 0.2) is 18.1 Å². The molecule has 0 fully saturated rings. The average Bonchev–Trinajstić information content (AvgIpc) is 3.14. The predicted octanol–water partition coefficient (Wildman–Crippen LogP) is 3.92. The third-order valence-electron chi connectivity index (χ3n) is 5.77. The number of esters is 1. The van der Waals surface area contributed by atoms with Gasteiger partial charge in [0.2, 0.25) is 11.9 Å². The highest BCUT2D eigenvalue weighted by Gasteiger charge is 2.29. The number of ketones is 1. The fourth-order valence-electron chi connectivity index (χ4n) is 3.90. The topological polar surface area (TPSA) is 76.0 Å². The monoisotopic (exact) mass is 449 g/mol. The zero-order valence-electron chi connectivity index (χ0n) is 19.0. The normalized spacial score (nSPS) is 14.6. The van der Waals surface area contributed by atoms with Crippen molar-refractivity contribution in [2.45, 2.75) is 32.9 Å². The third-order valence-corrected chi connectivity index (χ3v) is 5.77. The lowest BCUT2D eigenvalue weighted by molar-refractivity contribution is -0.153. The van der Waals surface area contributed by atoms with E-state index in [-0.39, 0.29) is 19.0 Å². The Morgan fingerprint density at radius 2 is 1.79 bits per heavy atom. The summed E-state index contributed by atoms with van der Waals surface area (Å²) in [7, 11) is 1.65. The summed E-state index contributed by atoms with van der Waals surface area (Å²) >= 11 is 0. The fraction of sp³-hybridized carbons (Fsp3) is 0.308. The van der Waals surface area contributed by atoms with E-state index in [9.17, 15) is 9.59 Å². The Bertz CT molecular complexity index is 1150. The van der Waals surface area contributed by atoms with Gasteiger partial charge in [-0.2, -0.15) is 0 Å². The van der Waals surface area contributed by atoms with Gasteiger partial charge in [0.05, 0.1) is 7.11 Å². The van der Waals surface area contributed by atoms with Gasteiger partial charge in [0, 0.05) is 23.5 Å². The lowest BCUT2D eigenvalue weighted by Crippen LogP contribution is -2.38. The number of hydrogen-bond donors (Lipinski definition) is 0. The van der Waals surface area contributed by atoms with Crippen LogP contribution in [0.3, 0.4) is 0 Å². The largest absolute Gasteiger partial charge is 0.497 e. The lowest BCUT2D eigenvalue weighted by atomic mass is 10.1. The highest BCUT2D eigenvalue weighted by molar-refractivity contribution is 5.99. The van der Waals surface area contributed by atoms with Gasteiger partial charge in [-0.05, 0) is 56.2 Å². The molecule has 7 heteroatoms. The van der Waals surface area contributed by atoms with Gasteiger partial charge in [-0.3, -0.25) is 4.79 Å². The molecule has 0 N–H and O–H groups in total. The number of para-hydroxylation sites is 2. The Hall–Kier alpha value is -3.74. The summed E-state index contributed by atoms with van der Waals surface area (Å²) < 4.78 is 23.7. The third kappa shape index (κ3) is 5.03. The smallest absolute Gasteiger partial charge is 0.351 e. The maximum absolute atomic E-state index is 12.8. The van der Waals surface area contributed by atoms with Crippen molar-refractivity contribution in [3.63, 3.8) is 0 Å². The molecule has 0 aliphatic carbocycles. The van der Waals surface area contributed by atoms with Crippen LogP contribution in [-0.2, 0) is 22.5 Å². The summed E-state index contributed by atoms with van der Waals surface area (Å²) in [5.74, 6) is 1.02. The van der Waals surface area contributed by atoms with Crippen LogP contribution < -0.4 is 14.2 Å². The van der Waals surface area contributed by atoms with Crippen molar-refractivity contribution >= 4 is 11.8 Å². The van der Waals surface area contributed by atoms with Gasteiger partial charge in [0.1, 0.15) is 12.4 Å². The molecule has 7 nitrogen and oxygen atoms in total. The molecule has 3 aromatic rings. The van der Waals surface area contributed by atoms with Crippen LogP contribution in [0.25, 0.3) is 0 Å². The predicted molar refractivity (Wildman–Crippen MR) is 122 cm³/mol. The molecule has 2 aromatic carbocycles. The molecule has 4 rings (SSSR count). The molecule has 1 aliphatic heterocycles.